The van der Waals surface area contributed by atoms with Gasteiger partial charge in [-0.25, -0.2) is 4.79 Å². The molecule has 1 aliphatic heterocycles. The normalized spacial score (nSPS) is 18.4. The predicted molar refractivity (Wildman–Crippen MR) is 105 cm³/mol. The second-order valence-electron chi connectivity index (χ2n) is 7.15. The minimum absolute atomic E-state index is 0.102. The summed E-state index contributed by atoms with van der Waals surface area (Å²) in [4.78, 5) is 62.3. The van der Waals surface area contributed by atoms with Crippen molar-refractivity contribution in [2.24, 2.45) is 5.92 Å². The fourth-order valence-corrected chi connectivity index (χ4v) is 4.93. The summed E-state index contributed by atoms with van der Waals surface area (Å²) in [7, 11) is 0. The van der Waals surface area contributed by atoms with Gasteiger partial charge in [0, 0.05) is 17.7 Å². The third-order valence-corrected chi connectivity index (χ3v) is 6.11. The number of nitrogens with zero attached hydrogens (tertiary/aromatic N) is 1. The smallest absolute Gasteiger partial charge is 0.414 e. The number of amides is 5. The Bertz CT molecular complexity index is 862. The Kier molecular flexibility index (Phi) is 6.31. The van der Waals surface area contributed by atoms with Crippen LogP contribution in [0.5, 0.6) is 0 Å². The van der Waals surface area contributed by atoms with E-state index in [-0.39, 0.29) is 36.8 Å². The standard InChI is InChI=1S/C19H23N3O6S/c1-3-28-19(27)21-17(26)16-11-5-4-10(2)8-12(11)29-18(16)20-13(23)9-22-14(24)6-7-15(22)25/h10H,3-9H2,1-2H3,(H,20,23)(H,21,26,27)/t10-/m1/s1. The first-order chi connectivity index (χ1) is 13.8. The zero-order chi connectivity index (χ0) is 21.1. The van der Waals surface area contributed by atoms with Crippen LogP contribution < -0.4 is 10.6 Å². The van der Waals surface area contributed by atoms with Gasteiger partial charge in [0.1, 0.15) is 11.5 Å². The molecule has 1 aromatic heterocycles. The van der Waals surface area contributed by atoms with Crippen LogP contribution in [0.4, 0.5) is 9.80 Å². The third-order valence-electron chi connectivity index (χ3n) is 4.94. The van der Waals surface area contributed by atoms with Gasteiger partial charge in [-0.05, 0) is 37.7 Å². The zero-order valence-corrected chi connectivity index (χ0v) is 17.1. The molecule has 1 atom stereocenters. The highest BCUT2D eigenvalue weighted by Gasteiger charge is 2.32. The van der Waals surface area contributed by atoms with Crippen molar-refractivity contribution in [1.29, 1.82) is 0 Å². The van der Waals surface area contributed by atoms with E-state index in [0.717, 1.165) is 28.2 Å². The molecule has 0 aromatic carbocycles. The lowest BCUT2D eigenvalue weighted by atomic mass is 9.88. The van der Waals surface area contributed by atoms with Gasteiger partial charge in [-0.1, -0.05) is 6.92 Å². The van der Waals surface area contributed by atoms with Crippen LogP contribution in [-0.2, 0) is 32.0 Å². The van der Waals surface area contributed by atoms with E-state index in [1.807, 2.05) is 0 Å². The number of alkyl carbamates (subject to hydrolysis) is 1. The van der Waals surface area contributed by atoms with Crippen molar-refractivity contribution in [3.05, 3.63) is 16.0 Å². The summed E-state index contributed by atoms with van der Waals surface area (Å²) in [5.74, 6) is -1.52. The summed E-state index contributed by atoms with van der Waals surface area (Å²) in [5.41, 5.74) is 1.07. The molecule has 0 saturated carbocycles. The van der Waals surface area contributed by atoms with Crippen molar-refractivity contribution < 1.29 is 28.7 Å². The Labute approximate surface area is 171 Å². The molecule has 2 N–H and O–H groups in total. The van der Waals surface area contributed by atoms with Gasteiger partial charge in [0.25, 0.3) is 5.91 Å². The molecule has 1 aromatic rings. The fraction of sp³-hybridized carbons (Fsp3) is 0.526. The Morgan fingerprint density at radius 2 is 1.86 bits per heavy atom. The molecule has 1 fully saturated rings. The Morgan fingerprint density at radius 3 is 2.52 bits per heavy atom. The van der Waals surface area contributed by atoms with Crippen LogP contribution in [0.2, 0.25) is 0 Å². The van der Waals surface area contributed by atoms with E-state index in [2.05, 4.69) is 17.6 Å². The van der Waals surface area contributed by atoms with Crippen molar-refractivity contribution in [3.63, 3.8) is 0 Å². The van der Waals surface area contributed by atoms with Gasteiger partial charge in [0.15, 0.2) is 0 Å². The maximum atomic E-state index is 12.7. The highest BCUT2D eigenvalue weighted by atomic mass is 32.1. The maximum Gasteiger partial charge on any atom is 0.414 e. The number of hydrogen-bond acceptors (Lipinski definition) is 7. The van der Waals surface area contributed by atoms with Crippen LogP contribution in [0.1, 0.15) is 53.9 Å². The molecule has 1 saturated heterocycles. The van der Waals surface area contributed by atoms with Crippen molar-refractivity contribution >= 4 is 46.1 Å². The Balaban J connectivity index is 1.82. The van der Waals surface area contributed by atoms with E-state index < -0.39 is 24.5 Å². The van der Waals surface area contributed by atoms with Crippen molar-refractivity contribution in [2.75, 3.05) is 18.5 Å². The number of imide groups is 2. The average Bonchev–Trinajstić information content (AvgIpc) is 3.15. The fourth-order valence-electron chi connectivity index (χ4n) is 3.51. The first kappa shape index (κ1) is 21.0. The van der Waals surface area contributed by atoms with Gasteiger partial charge in [-0.3, -0.25) is 29.4 Å². The van der Waals surface area contributed by atoms with E-state index in [9.17, 15) is 24.0 Å². The number of rotatable bonds is 5. The number of thiophene rings is 1. The highest BCUT2D eigenvalue weighted by Crippen LogP contribution is 2.39. The van der Waals surface area contributed by atoms with Gasteiger partial charge < -0.3 is 10.1 Å². The molecular formula is C19H23N3O6S. The molecule has 9 nitrogen and oxygen atoms in total. The van der Waals surface area contributed by atoms with Gasteiger partial charge in [0.05, 0.1) is 12.2 Å². The molecule has 1 aliphatic carbocycles. The first-order valence-corrected chi connectivity index (χ1v) is 10.4. The number of anilines is 1. The summed E-state index contributed by atoms with van der Waals surface area (Å²) in [6.07, 6.45) is 1.69. The number of carbonyl (C=O) groups is 5. The number of carbonyl (C=O) groups excluding carboxylic acids is 5. The molecule has 29 heavy (non-hydrogen) atoms. The number of fused-ring (bicyclic) bond motifs is 1. The summed E-state index contributed by atoms with van der Waals surface area (Å²) in [6, 6.07) is 0. The lowest BCUT2D eigenvalue weighted by Gasteiger charge is -2.18. The molecular weight excluding hydrogens is 398 g/mol. The molecule has 0 spiro atoms. The highest BCUT2D eigenvalue weighted by molar-refractivity contribution is 7.17. The number of likely N-dealkylation sites (tertiary alicyclic amines) is 1. The molecule has 0 unspecified atom stereocenters. The van der Waals surface area contributed by atoms with Gasteiger partial charge in [-0.15, -0.1) is 11.3 Å². The third kappa shape index (κ3) is 4.64. The monoisotopic (exact) mass is 421 g/mol. The van der Waals surface area contributed by atoms with E-state index >= 15 is 0 Å². The van der Waals surface area contributed by atoms with Crippen LogP contribution in [0.3, 0.4) is 0 Å². The molecule has 10 heteroatoms. The van der Waals surface area contributed by atoms with Crippen LogP contribution in [0.15, 0.2) is 0 Å². The minimum atomic E-state index is -0.854. The molecule has 0 radical (unpaired) electrons. The van der Waals surface area contributed by atoms with Crippen LogP contribution >= 0.6 is 11.3 Å². The second kappa shape index (κ2) is 8.73. The van der Waals surface area contributed by atoms with Crippen molar-refractivity contribution in [3.8, 4) is 0 Å². The van der Waals surface area contributed by atoms with Gasteiger partial charge in [0.2, 0.25) is 17.7 Å². The molecule has 5 amide bonds. The lowest BCUT2D eigenvalue weighted by Crippen LogP contribution is -2.37. The molecule has 2 heterocycles. The van der Waals surface area contributed by atoms with Crippen LogP contribution in [0, 0.1) is 5.92 Å². The SMILES string of the molecule is CCOC(=O)NC(=O)c1c(NC(=O)CN2C(=O)CCC2=O)sc2c1CC[C@@H](C)C2. The molecule has 2 aliphatic rings. The van der Waals surface area contributed by atoms with E-state index in [0.29, 0.717) is 17.3 Å². The zero-order valence-electron chi connectivity index (χ0n) is 16.3. The summed E-state index contributed by atoms with van der Waals surface area (Å²) in [6.45, 7) is 3.48. The molecule has 0 bridgehead atoms. The van der Waals surface area contributed by atoms with E-state index in [4.69, 9.17) is 4.74 Å². The Hall–Kier alpha value is -2.75. The summed E-state index contributed by atoms with van der Waals surface area (Å²) >= 11 is 1.29. The minimum Gasteiger partial charge on any atom is -0.450 e. The average molecular weight is 421 g/mol. The summed E-state index contributed by atoms with van der Waals surface area (Å²) < 4.78 is 4.77. The molecule has 156 valence electrons. The van der Waals surface area contributed by atoms with Crippen molar-refractivity contribution in [1.82, 2.24) is 10.2 Å². The van der Waals surface area contributed by atoms with E-state index in [1.54, 1.807) is 6.92 Å². The number of nitrogens with one attached hydrogen (secondary N) is 2. The van der Waals surface area contributed by atoms with E-state index in [1.165, 1.54) is 11.3 Å². The van der Waals surface area contributed by atoms with Gasteiger partial charge >= 0.3 is 6.09 Å². The molecule has 3 rings (SSSR count). The van der Waals surface area contributed by atoms with Crippen LogP contribution in [-0.4, -0.2) is 47.8 Å². The topological polar surface area (TPSA) is 122 Å². The largest absolute Gasteiger partial charge is 0.450 e. The summed E-state index contributed by atoms with van der Waals surface area (Å²) in [5, 5.41) is 5.15. The van der Waals surface area contributed by atoms with Gasteiger partial charge in [-0.2, -0.15) is 0 Å². The quantitative estimate of drug-likeness (QED) is 0.700. The lowest BCUT2D eigenvalue weighted by molar-refractivity contribution is -0.141. The van der Waals surface area contributed by atoms with Crippen LogP contribution in [0.25, 0.3) is 0 Å². The number of hydrogen-bond donors (Lipinski definition) is 2. The first-order valence-electron chi connectivity index (χ1n) is 9.55. The number of ether oxygens (including phenoxy) is 1. The Morgan fingerprint density at radius 1 is 1.17 bits per heavy atom. The predicted octanol–water partition coefficient (Wildman–Crippen LogP) is 1.85. The second-order valence-corrected chi connectivity index (χ2v) is 8.26. The van der Waals surface area contributed by atoms with Crippen molar-refractivity contribution in [2.45, 2.75) is 46.0 Å². The maximum absolute atomic E-state index is 12.7.